The zero-order valence-electron chi connectivity index (χ0n) is 12.0. The Morgan fingerprint density at radius 1 is 1.19 bits per heavy atom. The van der Waals surface area contributed by atoms with Crippen LogP contribution in [0, 0.1) is 5.92 Å². The Labute approximate surface area is 135 Å². The average molecular weight is 373 g/mol. The standard InChI is InChI=1S/C15H21BrN2O2S/c16-13-3-7-15(8-4-13)21(19,20)18(14-5-6-14)11-12-2-1-9-17-10-12/h3-4,7-8,12,14,17H,1-2,5-6,9-11H2. The molecule has 1 unspecified atom stereocenters. The quantitative estimate of drug-likeness (QED) is 0.863. The molecule has 1 aliphatic heterocycles. The Morgan fingerprint density at radius 2 is 1.90 bits per heavy atom. The summed E-state index contributed by atoms with van der Waals surface area (Å²) < 4.78 is 28.4. The molecule has 0 amide bonds. The Balaban J connectivity index is 1.80. The first kappa shape index (κ1) is 15.5. The van der Waals surface area contributed by atoms with Crippen molar-refractivity contribution in [1.82, 2.24) is 9.62 Å². The molecule has 2 fully saturated rings. The smallest absolute Gasteiger partial charge is 0.243 e. The molecule has 2 aliphatic rings. The van der Waals surface area contributed by atoms with Gasteiger partial charge in [-0.2, -0.15) is 4.31 Å². The molecule has 1 heterocycles. The monoisotopic (exact) mass is 372 g/mol. The molecule has 0 radical (unpaired) electrons. The van der Waals surface area contributed by atoms with E-state index in [0.717, 1.165) is 43.2 Å². The molecule has 1 aliphatic carbocycles. The first-order valence-electron chi connectivity index (χ1n) is 7.55. The van der Waals surface area contributed by atoms with E-state index < -0.39 is 10.0 Å². The van der Waals surface area contributed by atoms with Gasteiger partial charge in [-0.05, 0) is 69.0 Å². The number of benzene rings is 1. The highest BCUT2D eigenvalue weighted by molar-refractivity contribution is 9.10. The summed E-state index contributed by atoms with van der Waals surface area (Å²) in [6, 6.07) is 7.17. The highest BCUT2D eigenvalue weighted by Gasteiger charge is 2.39. The molecule has 116 valence electrons. The molecular formula is C15H21BrN2O2S. The predicted octanol–water partition coefficient (Wildman–Crippen LogP) is 2.60. The molecule has 0 aromatic heterocycles. The van der Waals surface area contributed by atoms with Gasteiger partial charge in [0.1, 0.15) is 0 Å². The van der Waals surface area contributed by atoms with E-state index >= 15 is 0 Å². The maximum absolute atomic E-state index is 12.9. The van der Waals surface area contributed by atoms with Gasteiger partial charge in [-0.25, -0.2) is 8.42 Å². The molecule has 1 saturated carbocycles. The Hall–Kier alpha value is -0.430. The molecule has 1 aromatic rings. The minimum atomic E-state index is -3.37. The van der Waals surface area contributed by atoms with Gasteiger partial charge in [0, 0.05) is 17.1 Å². The van der Waals surface area contributed by atoms with Gasteiger partial charge in [0.2, 0.25) is 10.0 Å². The molecule has 1 aromatic carbocycles. The SMILES string of the molecule is O=S(=O)(c1ccc(Br)cc1)N(CC1CCCNC1)C1CC1. The third-order valence-corrected chi connectivity index (χ3v) is 6.67. The van der Waals surface area contributed by atoms with Crippen LogP contribution in [0.1, 0.15) is 25.7 Å². The van der Waals surface area contributed by atoms with E-state index in [2.05, 4.69) is 21.2 Å². The second-order valence-electron chi connectivity index (χ2n) is 5.97. The van der Waals surface area contributed by atoms with E-state index in [4.69, 9.17) is 0 Å². The fraction of sp³-hybridized carbons (Fsp3) is 0.600. The van der Waals surface area contributed by atoms with Gasteiger partial charge >= 0.3 is 0 Å². The van der Waals surface area contributed by atoms with Crippen molar-refractivity contribution < 1.29 is 8.42 Å². The minimum Gasteiger partial charge on any atom is -0.316 e. The van der Waals surface area contributed by atoms with Crippen molar-refractivity contribution in [2.45, 2.75) is 36.6 Å². The van der Waals surface area contributed by atoms with Crippen molar-refractivity contribution in [2.75, 3.05) is 19.6 Å². The first-order valence-corrected chi connectivity index (χ1v) is 9.79. The second kappa shape index (κ2) is 6.36. The lowest BCUT2D eigenvalue weighted by atomic mass is 10.00. The zero-order chi connectivity index (χ0) is 14.9. The number of hydrogen-bond acceptors (Lipinski definition) is 3. The number of halogens is 1. The number of nitrogens with one attached hydrogen (secondary N) is 1. The first-order chi connectivity index (χ1) is 10.1. The van der Waals surface area contributed by atoms with E-state index in [-0.39, 0.29) is 6.04 Å². The summed E-state index contributed by atoms with van der Waals surface area (Å²) in [5.74, 6) is 0.435. The lowest BCUT2D eigenvalue weighted by Gasteiger charge is -2.29. The Morgan fingerprint density at radius 3 is 2.48 bits per heavy atom. The fourth-order valence-corrected chi connectivity index (χ4v) is 4.91. The molecular weight excluding hydrogens is 352 g/mol. The van der Waals surface area contributed by atoms with Crippen LogP contribution in [-0.4, -0.2) is 38.4 Å². The summed E-state index contributed by atoms with van der Waals surface area (Å²) in [5.41, 5.74) is 0. The Bertz CT molecular complexity index is 578. The van der Waals surface area contributed by atoms with Crippen molar-refractivity contribution in [1.29, 1.82) is 0 Å². The number of piperidine rings is 1. The largest absolute Gasteiger partial charge is 0.316 e. The maximum Gasteiger partial charge on any atom is 0.243 e. The number of hydrogen-bond donors (Lipinski definition) is 1. The number of sulfonamides is 1. The molecule has 1 N–H and O–H groups in total. The van der Waals surface area contributed by atoms with E-state index in [1.807, 2.05) is 0 Å². The lowest BCUT2D eigenvalue weighted by Crippen LogP contribution is -2.42. The van der Waals surface area contributed by atoms with E-state index in [9.17, 15) is 8.42 Å². The third kappa shape index (κ3) is 3.67. The maximum atomic E-state index is 12.9. The van der Waals surface area contributed by atoms with Crippen LogP contribution in [-0.2, 0) is 10.0 Å². The van der Waals surface area contributed by atoms with Gasteiger partial charge in [0.25, 0.3) is 0 Å². The molecule has 6 heteroatoms. The average Bonchev–Trinajstić information content (AvgIpc) is 3.31. The van der Waals surface area contributed by atoms with Crippen LogP contribution >= 0.6 is 15.9 Å². The predicted molar refractivity (Wildman–Crippen MR) is 86.6 cm³/mol. The van der Waals surface area contributed by atoms with E-state index in [1.54, 1.807) is 28.6 Å². The van der Waals surface area contributed by atoms with Gasteiger partial charge in [-0.3, -0.25) is 0 Å². The van der Waals surface area contributed by atoms with E-state index in [0.29, 0.717) is 17.4 Å². The highest BCUT2D eigenvalue weighted by Crippen LogP contribution is 2.33. The van der Waals surface area contributed by atoms with Crippen LogP contribution in [0.15, 0.2) is 33.6 Å². The van der Waals surface area contributed by atoms with Crippen molar-refractivity contribution in [3.05, 3.63) is 28.7 Å². The van der Waals surface area contributed by atoms with Gasteiger partial charge in [0.15, 0.2) is 0 Å². The fourth-order valence-electron chi connectivity index (χ4n) is 2.88. The lowest BCUT2D eigenvalue weighted by molar-refractivity contribution is 0.287. The van der Waals surface area contributed by atoms with Gasteiger partial charge in [-0.1, -0.05) is 15.9 Å². The highest BCUT2D eigenvalue weighted by atomic mass is 79.9. The number of rotatable bonds is 5. The molecule has 21 heavy (non-hydrogen) atoms. The van der Waals surface area contributed by atoms with Crippen molar-refractivity contribution in [2.24, 2.45) is 5.92 Å². The van der Waals surface area contributed by atoms with Gasteiger partial charge < -0.3 is 5.32 Å². The summed E-state index contributed by atoms with van der Waals surface area (Å²) in [5, 5.41) is 3.37. The molecule has 3 rings (SSSR count). The van der Waals surface area contributed by atoms with Gasteiger partial charge in [0.05, 0.1) is 4.90 Å². The summed E-state index contributed by atoms with van der Waals surface area (Å²) in [7, 11) is -3.37. The topological polar surface area (TPSA) is 49.4 Å². The Kier molecular flexibility index (Phi) is 4.69. The zero-order valence-corrected chi connectivity index (χ0v) is 14.4. The summed E-state index contributed by atoms with van der Waals surface area (Å²) in [6.45, 7) is 2.63. The second-order valence-corrected chi connectivity index (χ2v) is 8.78. The van der Waals surface area contributed by atoms with E-state index in [1.165, 1.54) is 0 Å². The van der Waals surface area contributed by atoms with Crippen LogP contribution in [0.2, 0.25) is 0 Å². The minimum absolute atomic E-state index is 0.209. The third-order valence-electron chi connectivity index (χ3n) is 4.21. The molecule has 4 nitrogen and oxygen atoms in total. The normalized spacial score (nSPS) is 23.4. The molecule has 0 spiro atoms. The summed E-state index contributed by atoms with van der Waals surface area (Å²) in [6.07, 6.45) is 4.25. The van der Waals surface area contributed by atoms with Crippen molar-refractivity contribution in [3.63, 3.8) is 0 Å². The van der Waals surface area contributed by atoms with Crippen LogP contribution in [0.4, 0.5) is 0 Å². The van der Waals surface area contributed by atoms with Crippen molar-refractivity contribution >= 4 is 26.0 Å². The molecule has 1 saturated heterocycles. The molecule has 1 atom stereocenters. The van der Waals surface area contributed by atoms with Crippen molar-refractivity contribution in [3.8, 4) is 0 Å². The van der Waals surface area contributed by atoms with Crippen LogP contribution in [0.3, 0.4) is 0 Å². The summed E-state index contributed by atoms with van der Waals surface area (Å²) in [4.78, 5) is 0.404. The van der Waals surface area contributed by atoms with Crippen LogP contribution in [0.5, 0.6) is 0 Å². The summed E-state index contributed by atoms with van der Waals surface area (Å²) >= 11 is 3.35. The molecule has 0 bridgehead atoms. The van der Waals surface area contributed by atoms with Crippen LogP contribution in [0.25, 0.3) is 0 Å². The van der Waals surface area contributed by atoms with Gasteiger partial charge in [-0.15, -0.1) is 0 Å². The number of nitrogens with zero attached hydrogens (tertiary/aromatic N) is 1. The van der Waals surface area contributed by atoms with Crippen LogP contribution < -0.4 is 5.32 Å².